The second-order valence-corrected chi connectivity index (χ2v) is 8.22. The van der Waals surface area contributed by atoms with E-state index >= 15 is 0 Å². The zero-order valence-corrected chi connectivity index (χ0v) is 21.5. The second kappa shape index (κ2) is 24.8. The van der Waals surface area contributed by atoms with Gasteiger partial charge in [0.2, 0.25) is 0 Å². The van der Waals surface area contributed by atoms with E-state index in [1.807, 2.05) is 0 Å². The topological polar surface area (TPSA) is 113 Å². The van der Waals surface area contributed by atoms with Crippen LogP contribution < -0.4 is 0 Å². The molecule has 32 heavy (non-hydrogen) atoms. The molecule has 2 aliphatic heterocycles. The van der Waals surface area contributed by atoms with Gasteiger partial charge in [-0.15, -0.1) is 26.2 Å². The van der Waals surface area contributed by atoms with E-state index in [0.29, 0.717) is 11.8 Å². The van der Waals surface area contributed by atoms with E-state index < -0.39 is 0 Å². The summed E-state index contributed by atoms with van der Waals surface area (Å²) in [5, 5.41) is 37.2. The molecule has 0 aromatic rings. The molecule has 0 saturated carbocycles. The summed E-state index contributed by atoms with van der Waals surface area (Å²) in [6, 6.07) is 0. The van der Waals surface area contributed by atoms with Crippen molar-refractivity contribution < 1.29 is 33.0 Å². The summed E-state index contributed by atoms with van der Waals surface area (Å²) in [5.41, 5.74) is 0. The zero-order chi connectivity index (χ0) is 21.0. The Kier molecular flexibility index (Phi) is 25.3. The molecule has 2 rings (SSSR count). The molecule has 194 valence electrons. The van der Waals surface area contributed by atoms with Crippen LogP contribution in [0.2, 0.25) is 0 Å². The van der Waals surface area contributed by atoms with Crippen molar-refractivity contribution >= 4 is 0 Å². The monoisotopic (exact) mass is 534 g/mol. The summed E-state index contributed by atoms with van der Waals surface area (Å²) < 4.78 is 0. The van der Waals surface area contributed by atoms with Crippen LogP contribution >= 0.6 is 0 Å². The fraction of sp³-hybridized carbons (Fsp3) is 1.00. The molecule has 0 aliphatic carbocycles. The molecule has 10 heteroatoms. The van der Waals surface area contributed by atoms with E-state index in [2.05, 4.69) is 21.3 Å². The van der Waals surface area contributed by atoms with Crippen molar-refractivity contribution in [3.63, 3.8) is 0 Å². The van der Waals surface area contributed by atoms with Gasteiger partial charge in [0.15, 0.2) is 0 Å². The van der Waals surface area contributed by atoms with Crippen LogP contribution in [0.15, 0.2) is 0 Å². The molecular weight excluding hydrogens is 494 g/mol. The Bertz CT molecular complexity index is 320. The Labute approximate surface area is 217 Å². The molecule has 2 saturated heterocycles. The van der Waals surface area contributed by atoms with Gasteiger partial charge in [0.05, 0.1) is 0 Å². The predicted molar refractivity (Wildman–Crippen MR) is 130 cm³/mol. The van der Waals surface area contributed by atoms with Crippen LogP contribution in [0, 0.1) is 11.8 Å². The minimum absolute atomic E-state index is 0. The number of hydrogen-bond donors (Lipinski definition) is 0. The van der Waals surface area contributed by atoms with Crippen LogP contribution in [0.4, 0.5) is 0 Å². The minimum Gasteiger partial charge on any atom is -0.664 e. The first-order valence-corrected chi connectivity index (χ1v) is 12.0. The van der Waals surface area contributed by atoms with Gasteiger partial charge in [-0.2, -0.15) is 78.5 Å². The van der Waals surface area contributed by atoms with Gasteiger partial charge in [-0.25, -0.2) is 0 Å². The molecule has 0 aromatic heterocycles. The van der Waals surface area contributed by atoms with Crippen molar-refractivity contribution in [2.75, 3.05) is 105 Å². The predicted octanol–water partition coefficient (Wildman–Crippen LogP) is 4.79. The van der Waals surface area contributed by atoms with Crippen LogP contribution in [0.3, 0.4) is 0 Å². The summed E-state index contributed by atoms with van der Waals surface area (Å²) >= 11 is 0. The molecule has 2 heterocycles. The van der Waals surface area contributed by atoms with Gasteiger partial charge in [-0.1, -0.05) is 37.5 Å². The summed E-state index contributed by atoms with van der Waals surface area (Å²) in [6.07, 6.45) is 4.40. The van der Waals surface area contributed by atoms with E-state index in [4.69, 9.17) is 21.3 Å². The zero-order valence-electron chi connectivity index (χ0n) is 19.5. The Morgan fingerprint density at radius 3 is 0.875 bits per heavy atom. The Morgan fingerprint density at radius 1 is 0.344 bits per heavy atom. The molecule has 2 aliphatic rings. The van der Waals surface area contributed by atoms with Crippen molar-refractivity contribution in [2.45, 2.75) is 25.7 Å². The number of nitrogens with zero attached hydrogens (tertiary/aromatic N) is 8. The first-order valence-electron chi connectivity index (χ1n) is 12.0. The third-order valence-corrected chi connectivity index (χ3v) is 5.46. The molecular formula is C22H42N8Ni2-4. The standard InChI is InChI=1S/C22H42N8.2Ni/c1-5-23-9-13-27-17-21(18-28-14-10-24-6-1)3-4-22-19-29-15-11-25-7-2-8-26-12-16-30-20-22;;/h21-22H,1-20H2;;/q-8;2*+2. The van der Waals surface area contributed by atoms with E-state index in [9.17, 15) is 0 Å². The quantitative estimate of drug-likeness (QED) is 0.462. The molecule has 0 N–H and O–H groups in total. The van der Waals surface area contributed by atoms with Crippen LogP contribution in [-0.4, -0.2) is 105 Å². The van der Waals surface area contributed by atoms with Crippen LogP contribution in [0.1, 0.15) is 25.7 Å². The van der Waals surface area contributed by atoms with Gasteiger partial charge < -0.3 is 42.5 Å². The van der Waals surface area contributed by atoms with Crippen LogP contribution in [0.25, 0.3) is 42.5 Å². The Hall–Kier alpha value is 0.667. The molecule has 0 unspecified atom stereocenters. The summed E-state index contributed by atoms with van der Waals surface area (Å²) in [4.78, 5) is 0. The van der Waals surface area contributed by atoms with Crippen molar-refractivity contribution in [1.29, 1.82) is 0 Å². The smallest absolute Gasteiger partial charge is 0.664 e. The number of rotatable bonds is 3. The summed E-state index contributed by atoms with van der Waals surface area (Å²) in [7, 11) is 0. The maximum Gasteiger partial charge on any atom is 2.00 e. The van der Waals surface area contributed by atoms with E-state index in [0.717, 1.165) is 130 Å². The molecule has 0 bridgehead atoms. The van der Waals surface area contributed by atoms with Crippen molar-refractivity contribution in [3.05, 3.63) is 42.5 Å². The van der Waals surface area contributed by atoms with Crippen LogP contribution in [-0.2, 0) is 33.0 Å². The maximum atomic E-state index is 4.76. The summed E-state index contributed by atoms with van der Waals surface area (Å²) in [5.74, 6) is 1.04. The Morgan fingerprint density at radius 2 is 0.594 bits per heavy atom. The van der Waals surface area contributed by atoms with Crippen LogP contribution in [0.5, 0.6) is 0 Å². The normalized spacial score (nSPS) is 23.6. The third kappa shape index (κ3) is 19.0. The molecule has 2 fully saturated rings. The average molecular weight is 536 g/mol. The minimum atomic E-state index is 0. The first-order chi connectivity index (χ1) is 14.9. The fourth-order valence-corrected chi connectivity index (χ4v) is 3.65. The van der Waals surface area contributed by atoms with Gasteiger partial charge in [0, 0.05) is 0 Å². The largest absolute Gasteiger partial charge is 2.00 e. The fourth-order valence-electron chi connectivity index (χ4n) is 3.65. The average Bonchev–Trinajstić information content (AvgIpc) is 2.76. The third-order valence-electron chi connectivity index (χ3n) is 5.46. The van der Waals surface area contributed by atoms with E-state index in [-0.39, 0.29) is 33.0 Å². The SMILES string of the molecule is C1C[N-]CC[N-]CC(CCC2C[N-]CC[N-]CCC[N-]CC[N-]C2)C[N-]CC[N-]C1.[Ni+2].[Ni+2]. The molecule has 8 nitrogen and oxygen atoms in total. The molecule has 0 atom stereocenters. The summed E-state index contributed by atoms with van der Waals surface area (Å²) in [6.45, 7) is 14.0. The van der Waals surface area contributed by atoms with Gasteiger partial charge in [0.1, 0.15) is 0 Å². The molecule has 0 aromatic carbocycles. The van der Waals surface area contributed by atoms with E-state index in [1.165, 1.54) is 0 Å². The van der Waals surface area contributed by atoms with Crippen molar-refractivity contribution in [2.24, 2.45) is 11.8 Å². The number of hydrogen-bond acceptors (Lipinski definition) is 0. The van der Waals surface area contributed by atoms with Gasteiger partial charge in [-0.05, 0) is 0 Å². The molecule has 0 spiro atoms. The second-order valence-electron chi connectivity index (χ2n) is 8.22. The molecule has 0 radical (unpaired) electrons. The van der Waals surface area contributed by atoms with Crippen molar-refractivity contribution in [3.8, 4) is 0 Å². The van der Waals surface area contributed by atoms with Gasteiger partial charge in [0.25, 0.3) is 0 Å². The Balaban J connectivity index is 0.00000480. The molecule has 0 amide bonds. The van der Waals surface area contributed by atoms with E-state index in [1.54, 1.807) is 0 Å². The maximum absolute atomic E-state index is 4.76. The van der Waals surface area contributed by atoms with Gasteiger partial charge >= 0.3 is 33.0 Å². The van der Waals surface area contributed by atoms with Crippen molar-refractivity contribution in [1.82, 2.24) is 0 Å². The first kappa shape index (κ1) is 32.7. The van der Waals surface area contributed by atoms with Gasteiger partial charge in [-0.3, -0.25) is 0 Å².